The molecule has 1 rings (SSSR count). The van der Waals surface area contributed by atoms with Crippen LogP contribution >= 0.6 is 0 Å². The molecule has 0 spiro atoms. The molecular weight excluding hydrogens is 168 g/mol. The molecule has 84 valence electrons. The fourth-order valence-electron chi connectivity index (χ4n) is 3.63. The molecule has 0 aromatic heterocycles. The molecule has 0 bridgehead atoms. The molecule has 0 N–H and O–H groups in total. The Bertz CT molecular complexity index is 155. The van der Waals surface area contributed by atoms with Crippen LogP contribution in [0.4, 0.5) is 0 Å². The van der Waals surface area contributed by atoms with Gasteiger partial charge in [0.05, 0.1) is 0 Å². The highest BCUT2D eigenvalue weighted by molar-refractivity contribution is 4.87. The summed E-state index contributed by atoms with van der Waals surface area (Å²) in [6.45, 7) is 9.58. The van der Waals surface area contributed by atoms with Crippen LogP contribution in [0.1, 0.15) is 72.6 Å². The quantitative estimate of drug-likeness (QED) is 0.591. The highest BCUT2D eigenvalue weighted by atomic mass is 14.4. The summed E-state index contributed by atoms with van der Waals surface area (Å²) in [5.41, 5.74) is 0.706. The number of hydrogen-bond acceptors (Lipinski definition) is 0. The van der Waals surface area contributed by atoms with E-state index in [1.54, 1.807) is 0 Å². The Morgan fingerprint density at radius 3 is 2.21 bits per heavy atom. The zero-order valence-electron chi connectivity index (χ0n) is 10.6. The summed E-state index contributed by atoms with van der Waals surface area (Å²) < 4.78 is 0. The first-order valence-corrected chi connectivity index (χ1v) is 6.65. The van der Waals surface area contributed by atoms with E-state index < -0.39 is 0 Å². The zero-order chi connectivity index (χ0) is 10.6. The van der Waals surface area contributed by atoms with Gasteiger partial charge in [0.1, 0.15) is 0 Å². The average molecular weight is 196 g/mol. The summed E-state index contributed by atoms with van der Waals surface area (Å²) in [4.78, 5) is 0. The first kappa shape index (κ1) is 12.1. The standard InChI is InChI=1S/C14H28/c1-5-8-13-9-12(4)10-14(6-2,7-3)11-13/h12-13H,5-11H2,1-4H3. The molecule has 0 aromatic carbocycles. The van der Waals surface area contributed by atoms with E-state index in [0.29, 0.717) is 5.41 Å². The van der Waals surface area contributed by atoms with Gasteiger partial charge in [-0.05, 0) is 36.5 Å². The summed E-state index contributed by atoms with van der Waals surface area (Å²) in [5, 5.41) is 0. The van der Waals surface area contributed by atoms with Crippen LogP contribution in [0.25, 0.3) is 0 Å². The number of hydrogen-bond donors (Lipinski definition) is 0. The van der Waals surface area contributed by atoms with Gasteiger partial charge in [0, 0.05) is 0 Å². The summed E-state index contributed by atoms with van der Waals surface area (Å²) >= 11 is 0. The van der Waals surface area contributed by atoms with E-state index >= 15 is 0 Å². The molecule has 0 saturated heterocycles. The average Bonchev–Trinajstić information content (AvgIpc) is 2.17. The van der Waals surface area contributed by atoms with Crippen molar-refractivity contribution < 1.29 is 0 Å². The van der Waals surface area contributed by atoms with Crippen LogP contribution in [0.2, 0.25) is 0 Å². The molecule has 1 fully saturated rings. The summed E-state index contributed by atoms with van der Waals surface area (Å²) in [6.07, 6.45) is 10.1. The second-order valence-corrected chi connectivity index (χ2v) is 5.61. The molecule has 0 heteroatoms. The van der Waals surface area contributed by atoms with Crippen LogP contribution in [0, 0.1) is 17.3 Å². The van der Waals surface area contributed by atoms with Crippen molar-refractivity contribution in [3.8, 4) is 0 Å². The van der Waals surface area contributed by atoms with Crippen molar-refractivity contribution in [2.45, 2.75) is 72.6 Å². The van der Waals surface area contributed by atoms with Crippen LogP contribution in [-0.2, 0) is 0 Å². The first-order chi connectivity index (χ1) is 6.65. The third-order valence-electron chi connectivity index (χ3n) is 4.44. The van der Waals surface area contributed by atoms with Crippen LogP contribution in [0.3, 0.4) is 0 Å². The molecule has 14 heavy (non-hydrogen) atoms. The van der Waals surface area contributed by atoms with Crippen molar-refractivity contribution in [3.63, 3.8) is 0 Å². The first-order valence-electron chi connectivity index (χ1n) is 6.65. The van der Waals surface area contributed by atoms with Gasteiger partial charge >= 0.3 is 0 Å². The largest absolute Gasteiger partial charge is 0.0654 e. The third kappa shape index (κ3) is 2.74. The predicted molar refractivity (Wildman–Crippen MR) is 64.4 cm³/mol. The molecule has 0 nitrogen and oxygen atoms in total. The Balaban J connectivity index is 2.60. The van der Waals surface area contributed by atoms with E-state index in [0.717, 1.165) is 11.8 Å². The van der Waals surface area contributed by atoms with Crippen LogP contribution in [0.5, 0.6) is 0 Å². The molecule has 0 radical (unpaired) electrons. The van der Waals surface area contributed by atoms with E-state index in [-0.39, 0.29) is 0 Å². The van der Waals surface area contributed by atoms with Gasteiger partial charge in [-0.25, -0.2) is 0 Å². The molecule has 1 saturated carbocycles. The predicted octanol–water partition coefficient (Wildman–Crippen LogP) is 5.03. The number of rotatable bonds is 4. The van der Waals surface area contributed by atoms with Crippen LogP contribution in [-0.4, -0.2) is 0 Å². The minimum Gasteiger partial charge on any atom is -0.0654 e. The minimum absolute atomic E-state index is 0.706. The Labute approximate surface area is 90.5 Å². The molecule has 1 aliphatic rings. The lowest BCUT2D eigenvalue weighted by Gasteiger charge is -2.43. The van der Waals surface area contributed by atoms with Crippen molar-refractivity contribution in [2.75, 3.05) is 0 Å². The molecule has 0 amide bonds. The van der Waals surface area contributed by atoms with Crippen molar-refractivity contribution in [3.05, 3.63) is 0 Å². The van der Waals surface area contributed by atoms with Gasteiger partial charge in [-0.3, -0.25) is 0 Å². The van der Waals surface area contributed by atoms with Crippen molar-refractivity contribution >= 4 is 0 Å². The van der Waals surface area contributed by atoms with Crippen molar-refractivity contribution in [1.29, 1.82) is 0 Å². The zero-order valence-corrected chi connectivity index (χ0v) is 10.6. The normalized spacial score (nSPS) is 31.7. The molecule has 0 aliphatic heterocycles. The Kier molecular flexibility index (Phi) is 4.47. The summed E-state index contributed by atoms with van der Waals surface area (Å²) in [7, 11) is 0. The maximum Gasteiger partial charge on any atom is -0.0298 e. The molecule has 2 atom stereocenters. The molecule has 0 aromatic rings. The molecule has 2 unspecified atom stereocenters. The van der Waals surface area contributed by atoms with Gasteiger partial charge in [0.15, 0.2) is 0 Å². The second kappa shape index (κ2) is 5.19. The third-order valence-corrected chi connectivity index (χ3v) is 4.44. The lowest BCUT2D eigenvalue weighted by molar-refractivity contribution is 0.0831. The van der Waals surface area contributed by atoms with Gasteiger partial charge in [0.2, 0.25) is 0 Å². The van der Waals surface area contributed by atoms with Crippen LogP contribution < -0.4 is 0 Å². The second-order valence-electron chi connectivity index (χ2n) is 5.61. The SMILES string of the molecule is CCCC1CC(C)CC(CC)(CC)C1. The fraction of sp³-hybridized carbons (Fsp3) is 1.00. The fourth-order valence-corrected chi connectivity index (χ4v) is 3.63. The van der Waals surface area contributed by atoms with Crippen molar-refractivity contribution in [2.24, 2.45) is 17.3 Å². The van der Waals surface area contributed by atoms with Crippen LogP contribution in [0.15, 0.2) is 0 Å². The van der Waals surface area contributed by atoms with Gasteiger partial charge < -0.3 is 0 Å². The monoisotopic (exact) mass is 196 g/mol. The molecule has 0 heterocycles. The van der Waals surface area contributed by atoms with E-state index in [1.165, 1.54) is 44.9 Å². The van der Waals surface area contributed by atoms with Gasteiger partial charge in [-0.15, -0.1) is 0 Å². The molecule has 1 aliphatic carbocycles. The van der Waals surface area contributed by atoms with E-state index in [1.807, 2.05) is 0 Å². The summed E-state index contributed by atoms with van der Waals surface area (Å²) in [5.74, 6) is 2.00. The lowest BCUT2D eigenvalue weighted by Crippen LogP contribution is -2.31. The maximum atomic E-state index is 2.46. The Morgan fingerprint density at radius 1 is 1.07 bits per heavy atom. The topological polar surface area (TPSA) is 0 Å². The Morgan fingerprint density at radius 2 is 1.71 bits per heavy atom. The maximum absolute atomic E-state index is 2.46. The smallest absolute Gasteiger partial charge is 0.0298 e. The minimum atomic E-state index is 0.706. The molecular formula is C14H28. The van der Waals surface area contributed by atoms with E-state index in [4.69, 9.17) is 0 Å². The lowest BCUT2D eigenvalue weighted by atomic mass is 9.62. The van der Waals surface area contributed by atoms with Crippen molar-refractivity contribution in [1.82, 2.24) is 0 Å². The summed E-state index contributed by atoms with van der Waals surface area (Å²) in [6, 6.07) is 0. The van der Waals surface area contributed by atoms with Gasteiger partial charge in [-0.1, -0.05) is 53.4 Å². The Hall–Kier alpha value is 0. The highest BCUT2D eigenvalue weighted by Crippen LogP contribution is 2.47. The van der Waals surface area contributed by atoms with Gasteiger partial charge in [0.25, 0.3) is 0 Å². The highest BCUT2D eigenvalue weighted by Gasteiger charge is 2.35. The van der Waals surface area contributed by atoms with E-state index in [9.17, 15) is 0 Å². The van der Waals surface area contributed by atoms with E-state index in [2.05, 4.69) is 27.7 Å². The van der Waals surface area contributed by atoms with Gasteiger partial charge in [-0.2, -0.15) is 0 Å².